The lowest BCUT2D eigenvalue weighted by molar-refractivity contribution is 0.00345. The molecule has 118 valence electrons. The predicted molar refractivity (Wildman–Crippen MR) is 88.4 cm³/mol. The highest BCUT2D eigenvalue weighted by molar-refractivity contribution is 9.10. The standard InChI is InChI=1S/C16H25BrN2O2/c1-4-20-15(10(2)3)14(19-18)9-12-8-13(17)7-11-5-6-21-16(11)12/h7-8,10,14-15,19H,4-6,9,18H2,1-3H3. The van der Waals surface area contributed by atoms with E-state index in [2.05, 4.69) is 47.3 Å². The first-order chi connectivity index (χ1) is 10.1. The van der Waals surface area contributed by atoms with E-state index in [-0.39, 0.29) is 12.1 Å². The van der Waals surface area contributed by atoms with Gasteiger partial charge in [-0.15, -0.1) is 0 Å². The third-order valence-electron chi connectivity index (χ3n) is 3.89. The second-order valence-electron chi connectivity index (χ2n) is 5.79. The van der Waals surface area contributed by atoms with Gasteiger partial charge in [-0.25, -0.2) is 0 Å². The van der Waals surface area contributed by atoms with E-state index in [0.29, 0.717) is 12.5 Å². The van der Waals surface area contributed by atoms with Gasteiger partial charge in [0.2, 0.25) is 0 Å². The van der Waals surface area contributed by atoms with Gasteiger partial charge >= 0.3 is 0 Å². The van der Waals surface area contributed by atoms with Crippen molar-refractivity contribution in [3.05, 3.63) is 27.7 Å². The zero-order valence-electron chi connectivity index (χ0n) is 13.0. The lowest BCUT2D eigenvalue weighted by Crippen LogP contribution is -2.49. The minimum atomic E-state index is 0.0625. The van der Waals surface area contributed by atoms with Crippen LogP contribution in [0.5, 0.6) is 5.75 Å². The number of hydrogen-bond acceptors (Lipinski definition) is 4. The van der Waals surface area contributed by atoms with Gasteiger partial charge in [-0.1, -0.05) is 29.8 Å². The molecule has 0 saturated carbocycles. The number of halogens is 1. The van der Waals surface area contributed by atoms with Gasteiger partial charge in [0, 0.05) is 17.5 Å². The normalized spacial score (nSPS) is 16.7. The average Bonchev–Trinajstić information content (AvgIpc) is 2.90. The fourth-order valence-electron chi connectivity index (χ4n) is 2.97. The Hall–Kier alpha value is -0.620. The highest BCUT2D eigenvalue weighted by Gasteiger charge is 2.27. The monoisotopic (exact) mass is 356 g/mol. The first kappa shape index (κ1) is 16.7. The zero-order valence-corrected chi connectivity index (χ0v) is 14.6. The molecule has 21 heavy (non-hydrogen) atoms. The molecular formula is C16H25BrN2O2. The molecule has 1 aromatic rings. The van der Waals surface area contributed by atoms with Crippen molar-refractivity contribution >= 4 is 15.9 Å². The van der Waals surface area contributed by atoms with Gasteiger partial charge in [0.25, 0.3) is 0 Å². The van der Waals surface area contributed by atoms with E-state index >= 15 is 0 Å². The van der Waals surface area contributed by atoms with Gasteiger partial charge in [0.15, 0.2) is 0 Å². The SMILES string of the molecule is CCOC(C(C)C)C(Cc1cc(Br)cc2c1OCC2)NN. The van der Waals surface area contributed by atoms with Crippen LogP contribution in [-0.4, -0.2) is 25.4 Å². The van der Waals surface area contributed by atoms with E-state index in [1.807, 2.05) is 6.92 Å². The second kappa shape index (κ2) is 7.58. The molecule has 0 spiro atoms. The fraction of sp³-hybridized carbons (Fsp3) is 0.625. The molecule has 5 heteroatoms. The third kappa shape index (κ3) is 3.97. The molecule has 3 N–H and O–H groups in total. The molecule has 1 aromatic carbocycles. The summed E-state index contributed by atoms with van der Waals surface area (Å²) in [5.41, 5.74) is 5.39. The zero-order chi connectivity index (χ0) is 15.4. The van der Waals surface area contributed by atoms with Crippen LogP contribution in [0.25, 0.3) is 0 Å². The summed E-state index contributed by atoms with van der Waals surface area (Å²) in [6, 6.07) is 4.32. The number of ether oxygens (including phenoxy) is 2. The minimum Gasteiger partial charge on any atom is -0.493 e. The first-order valence-corrected chi connectivity index (χ1v) is 8.38. The molecule has 1 aliphatic rings. The number of rotatable bonds is 7. The molecule has 4 nitrogen and oxygen atoms in total. The van der Waals surface area contributed by atoms with Gasteiger partial charge in [-0.05, 0) is 42.5 Å². The average molecular weight is 357 g/mol. The Morgan fingerprint density at radius 3 is 2.81 bits per heavy atom. The third-order valence-corrected chi connectivity index (χ3v) is 4.35. The van der Waals surface area contributed by atoms with Crippen molar-refractivity contribution in [3.8, 4) is 5.75 Å². The summed E-state index contributed by atoms with van der Waals surface area (Å²) in [6.45, 7) is 7.79. The van der Waals surface area contributed by atoms with Crippen molar-refractivity contribution in [1.29, 1.82) is 0 Å². The van der Waals surface area contributed by atoms with Crippen LogP contribution < -0.4 is 16.0 Å². The minimum absolute atomic E-state index is 0.0625. The van der Waals surface area contributed by atoms with E-state index in [4.69, 9.17) is 15.3 Å². The van der Waals surface area contributed by atoms with E-state index in [1.54, 1.807) is 0 Å². The molecule has 0 bridgehead atoms. The molecule has 0 fully saturated rings. The quantitative estimate of drug-likeness (QED) is 0.582. The molecule has 2 rings (SSSR count). The first-order valence-electron chi connectivity index (χ1n) is 7.58. The van der Waals surface area contributed by atoms with Crippen LogP contribution in [0, 0.1) is 5.92 Å². The number of benzene rings is 1. The van der Waals surface area contributed by atoms with Crippen molar-refractivity contribution in [2.75, 3.05) is 13.2 Å². The Balaban J connectivity index is 2.22. The van der Waals surface area contributed by atoms with Crippen LogP contribution in [0.2, 0.25) is 0 Å². The Morgan fingerprint density at radius 2 is 2.19 bits per heavy atom. The summed E-state index contributed by atoms with van der Waals surface area (Å²) in [5.74, 6) is 7.21. The summed E-state index contributed by atoms with van der Waals surface area (Å²) >= 11 is 3.59. The van der Waals surface area contributed by atoms with Crippen LogP contribution in [-0.2, 0) is 17.6 Å². The number of hydrazine groups is 1. The maximum absolute atomic E-state index is 5.88. The van der Waals surface area contributed by atoms with Gasteiger partial charge in [0.1, 0.15) is 5.75 Å². The van der Waals surface area contributed by atoms with Gasteiger partial charge in [-0.2, -0.15) is 0 Å². The molecule has 0 amide bonds. The smallest absolute Gasteiger partial charge is 0.125 e. The molecule has 0 saturated heterocycles. The van der Waals surface area contributed by atoms with Gasteiger partial charge < -0.3 is 9.47 Å². The molecular weight excluding hydrogens is 332 g/mol. The molecule has 2 unspecified atom stereocenters. The van der Waals surface area contributed by atoms with Crippen molar-refractivity contribution in [2.24, 2.45) is 11.8 Å². The predicted octanol–water partition coefficient (Wildman–Crippen LogP) is 2.82. The van der Waals surface area contributed by atoms with Gasteiger partial charge in [-0.3, -0.25) is 11.3 Å². The van der Waals surface area contributed by atoms with Crippen molar-refractivity contribution in [2.45, 2.75) is 45.8 Å². The van der Waals surface area contributed by atoms with Crippen LogP contribution in [0.15, 0.2) is 16.6 Å². The van der Waals surface area contributed by atoms with E-state index in [9.17, 15) is 0 Å². The summed E-state index contributed by atoms with van der Waals surface area (Å²) in [7, 11) is 0. The Morgan fingerprint density at radius 1 is 1.43 bits per heavy atom. The number of nitrogens with two attached hydrogens (primary N) is 1. The van der Waals surface area contributed by atoms with E-state index in [0.717, 1.165) is 29.7 Å². The lowest BCUT2D eigenvalue weighted by atomic mass is 9.93. The highest BCUT2D eigenvalue weighted by atomic mass is 79.9. The van der Waals surface area contributed by atoms with E-state index < -0.39 is 0 Å². The van der Waals surface area contributed by atoms with Crippen molar-refractivity contribution in [3.63, 3.8) is 0 Å². The molecule has 0 radical (unpaired) electrons. The number of nitrogens with one attached hydrogen (secondary N) is 1. The second-order valence-corrected chi connectivity index (χ2v) is 6.71. The van der Waals surface area contributed by atoms with Crippen LogP contribution in [0.1, 0.15) is 31.9 Å². The topological polar surface area (TPSA) is 56.5 Å². The molecule has 2 atom stereocenters. The fourth-order valence-corrected chi connectivity index (χ4v) is 3.52. The summed E-state index contributed by atoms with van der Waals surface area (Å²) < 4.78 is 12.8. The van der Waals surface area contributed by atoms with Gasteiger partial charge in [0.05, 0.1) is 18.8 Å². The molecule has 1 heterocycles. The summed E-state index contributed by atoms with van der Waals surface area (Å²) in [4.78, 5) is 0. The summed E-state index contributed by atoms with van der Waals surface area (Å²) in [6.07, 6.45) is 1.85. The van der Waals surface area contributed by atoms with E-state index in [1.165, 1.54) is 11.1 Å². The Bertz CT molecular complexity index is 480. The molecule has 0 aromatic heterocycles. The lowest BCUT2D eigenvalue weighted by Gasteiger charge is -2.30. The molecule has 0 aliphatic carbocycles. The van der Waals surface area contributed by atoms with Crippen molar-refractivity contribution < 1.29 is 9.47 Å². The number of fused-ring (bicyclic) bond motifs is 1. The highest BCUT2D eigenvalue weighted by Crippen LogP contribution is 2.34. The van der Waals surface area contributed by atoms with Crippen LogP contribution >= 0.6 is 15.9 Å². The van der Waals surface area contributed by atoms with Crippen LogP contribution in [0.4, 0.5) is 0 Å². The molecule has 1 aliphatic heterocycles. The number of hydrogen-bond donors (Lipinski definition) is 2. The summed E-state index contributed by atoms with van der Waals surface area (Å²) in [5, 5.41) is 0. The maximum Gasteiger partial charge on any atom is 0.125 e. The maximum atomic E-state index is 5.88. The largest absolute Gasteiger partial charge is 0.493 e. The van der Waals surface area contributed by atoms with Crippen molar-refractivity contribution in [1.82, 2.24) is 5.43 Å². The Labute approximate surface area is 135 Å². The Kier molecular flexibility index (Phi) is 6.05. The van der Waals surface area contributed by atoms with Crippen LogP contribution in [0.3, 0.4) is 0 Å².